The number of Topliss-reactive ketones (excluding diaryl/α,β-unsaturated/α-hetero) is 1. The molecule has 0 radical (unpaired) electrons. The first-order valence-corrected chi connectivity index (χ1v) is 10.8. The molecule has 0 saturated carbocycles. The highest BCUT2D eigenvalue weighted by Crippen LogP contribution is 2.32. The smallest absolute Gasteiger partial charge is 0.261 e. The number of anilines is 1. The van der Waals surface area contributed by atoms with Crippen LogP contribution in [0.25, 0.3) is 11.3 Å². The largest absolute Gasteiger partial charge is 0.488 e. The molecule has 4 rings (SSSR count). The zero-order valence-electron chi connectivity index (χ0n) is 17.8. The number of nitrogens with one attached hydrogen (secondary N) is 1. The van der Waals surface area contributed by atoms with Crippen LogP contribution in [0.4, 0.5) is 5.13 Å². The lowest BCUT2D eigenvalue weighted by Crippen LogP contribution is -2.13. The van der Waals surface area contributed by atoms with E-state index in [-0.39, 0.29) is 18.3 Å². The van der Waals surface area contributed by atoms with Crippen molar-refractivity contribution in [3.05, 3.63) is 82.1 Å². The number of nitrogens with zero attached hydrogens (tertiary/aromatic N) is 2. The summed E-state index contributed by atoms with van der Waals surface area (Å²) in [6.45, 7) is 5.38. The van der Waals surface area contributed by atoms with Crippen LogP contribution in [0, 0.1) is 13.8 Å². The average molecular weight is 448 g/mol. The summed E-state index contributed by atoms with van der Waals surface area (Å²) < 4.78 is 11.1. The molecule has 162 valence electrons. The van der Waals surface area contributed by atoms with Gasteiger partial charge in [0.15, 0.2) is 10.9 Å². The number of thiazole rings is 1. The fourth-order valence-corrected chi connectivity index (χ4v) is 4.08. The number of rotatable bonds is 7. The molecule has 1 amide bonds. The van der Waals surface area contributed by atoms with E-state index in [2.05, 4.69) is 15.5 Å². The van der Waals surface area contributed by atoms with E-state index in [1.54, 1.807) is 24.3 Å². The molecule has 0 atom stereocenters. The molecule has 2 heterocycles. The highest BCUT2D eigenvalue weighted by molar-refractivity contribution is 7.18. The molecule has 0 aliphatic rings. The van der Waals surface area contributed by atoms with Crippen molar-refractivity contribution in [3.63, 3.8) is 0 Å². The summed E-state index contributed by atoms with van der Waals surface area (Å²) >= 11 is 1.15. The number of hydrogen-bond acceptors (Lipinski definition) is 7. The number of para-hydroxylation sites is 1. The van der Waals surface area contributed by atoms with Crippen molar-refractivity contribution < 1.29 is 18.8 Å². The van der Waals surface area contributed by atoms with E-state index in [1.807, 2.05) is 44.2 Å². The monoisotopic (exact) mass is 447 g/mol. The lowest BCUT2D eigenvalue weighted by molar-refractivity contribution is 0.101. The molecule has 0 aliphatic heterocycles. The van der Waals surface area contributed by atoms with Gasteiger partial charge in [-0.15, -0.1) is 0 Å². The lowest BCUT2D eigenvalue weighted by atomic mass is 10.1. The Labute approximate surface area is 189 Å². The Hall–Kier alpha value is -3.78. The molecule has 0 unspecified atom stereocenters. The quantitative estimate of drug-likeness (QED) is 0.379. The van der Waals surface area contributed by atoms with Gasteiger partial charge in [0.25, 0.3) is 5.91 Å². The van der Waals surface area contributed by atoms with Crippen LogP contribution in [-0.4, -0.2) is 21.8 Å². The second-order valence-electron chi connectivity index (χ2n) is 7.16. The van der Waals surface area contributed by atoms with Crippen LogP contribution >= 0.6 is 11.3 Å². The molecule has 0 fully saturated rings. The summed E-state index contributed by atoms with van der Waals surface area (Å²) in [6, 6.07) is 16.4. The van der Waals surface area contributed by atoms with Crippen LogP contribution in [-0.2, 0) is 6.61 Å². The Morgan fingerprint density at radius 3 is 2.47 bits per heavy atom. The van der Waals surface area contributed by atoms with E-state index in [0.717, 1.165) is 28.2 Å². The SMILES string of the molecule is CC(=O)c1sc(NC(=O)c2ccccc2OCc2c(C)noc2C)nc1-c1ccccc1. The van der Waals surface area contributed by atoms with E-state index >= 15 is 0 Å². The van der Waals surface area contributed by atoms with E-state index in [9.17, 15) is 9.59 Å². The summed E-state index contributed by atoms with van der Waals surface area (Å²) in [5, 5.41) is 7.08. The first-order valence-electron chi connectivity index (χ1n) is 9.96. The lowest BCUT2D eigenvalue weighted by Gasteiger charge is -2.10. The molecule has 7 nitrogen and oxygen atoms in total. The van der Waals surface area contributed by atoms with Crippen molar-refractivity contribution in [2.24, 2.45) is 0 Å². The third-order valence-electron chi connectivity index (χ3n) is 4.90. The Balaban J connectivity index is 1.57. The van der Waals surface area contributed by atoms with Crippen LogP contribution < -0.4 is 10.1 Å². The molecule has 0 spiro atoms. The molecular weight excluding hydrogens is 426 g/mol. The first kappa shape index (κ1) is 21.5. The number of carbonyl (C=O) groups excluding carboxylic acids is 2. The number of carbonyl (C=O) groups is 2. The highest BCUT2D eigenvalue weighted by Gasteiger charge is 2.20. The predicted molar refractivity (Wildman–Crippen MR) is 122 cm³/mol. The maximum absolute atomic E-state index is 13.0. The maximum atomic E-state index is 13.0. The Morgan fingerprint density at radius 1 is 1.06 bits per heavy atom. The first-order chi connectivity index (χ1) is 15.4. The molecule has 2 aromatic heterocycles. The van der Waals surface area contributed by atoms with Gasteiger partial charge in [0.05, 0.1) is 27.4 Å². The van der Waals surface area contributed by atoms with Gasteiger partial charge in [-0.3, -0.25) is 14.9 Å². The molecule has 0 bridgehead atoms. The van der Waals surface area contributed by atoms with E-state index in [0.29, 0.717) is 32.8 Å². The van der Waals surface area contributed by atoms with Gasteiger partial charge < -0.3 is 9.26 Å². The topological polar surface area (TPSA) is 94.3 Å². The second-order valence-corrected chi connectivity index (χ2v) is 8.16. The summed E-state index contributed by atoms with van der Waals surface area (Å²) in [5.74, 6) is 0.627. The summed E-state index contributed by atoms with van der Waals surface area (Å²) in [4.78, 5) is 30.2. The Bertz CT molecular complexity index is 1260. The maximum Gasteiger partial charge on any atom is 0.261 e. The third-order valence-corrected chi connectivity index (χ3v) is 5.97. The standard InChI is InChI=1S/C24H21N3O4S/c1-14-19(16(3)31-27-14)13-30-20-12-8-7-11-18(20)23(29)26-24-25-21(22(32-24)15(2)28)17-9-5-4-6-10-17/h4-12H,13H2,1-3H3,(H,25,26,29). The van der Waals surface area contributed by atoms with Gasteiger partial charge >= 0.3 is 0 Å². The van der Waals surface area contributed by atoms with Gasteiger partial charge in [-0.2, -0.15) is 0 Å². The summed E-state index contributed by atoms with van der Waals surface area (Å²) in [6.07, 6.45) is 0. The zero-order chi connectivity index (χ0) is 22.7. The molecule has 0 aliphatic carbocycles. The molecule has 1 N–H and O–H groups in total. The third kappa shape index (κ3) is 4.45. The fourth-order valence-electron chi connectivity index (χ4n) is 3.21. The molecule has 0 saturated heterocycles. The van der Waals surface area contributed by atoms with E-state index in [4.69, 9.17) is 9.26 Å². The van der Waals surface area contributed by atoms with Crippen LogP contribution in [0.1, 0.15) is 44.0 Å². The van der Waals surface area contributed by atoms with Crippen molar-refractivity contribution in [1.82, 2.24) is 10.1 Å². The summed E-state index contributed by atoms with van der Waals surface area (Å²) in [7, 11) is 0. The van der Waals surface area contributed by atoms with Gasteiger partial charge in [0.1, 0.15) is 18.1 Å². The summed E-state index contributed by atoms with van der Waals surface area (Å²) in [5.41, 5.74) is 3.33. The van der Waals surface area contributed by atoms with Gasteiger partial charge in [-0.05, 0) is 26.0 Å². The van der Waals surface area contributed by atoms with E-state index < -0.39 is 0 Å². The molecule has 32 heavy (non-hydrogen) atoms. The van der Waals surface area contributed by atoms with Gasteiger partial charge in [-0.25, -0.2) is 4.98 Å². The van der Waals surface area contributed by atoms with Crippen LogP contribution in [0.15, 0.2) is 59.1 Å². The van der Waals surface area contributed by atoms with Gasteiger partial charge in [0, 0.05) is 12.5 Å². The highest BCUT2D eigenvalue weighted by atomic mass is 32.1. The second kappa shape index (κ2) is 9.15. The van der Waals surface area contributed by atoms with Crippen LogP contribution in [0.2, 0.25) is 0 Å². The number of benzene rings is 2. The minimum Gasteiger partial charge on any atom is -0.488 e. The molecule has 2 aromatic carbocycles. The molecular formula is C24H21N3O4S. The molecule has 8 heteroatoms. The van der Waals surface area contributed by atoms with Crippen molar-refractivity contribution in [2.75, 3.05) is 5.32 Å². The Morgan fingerprint density at radius 2 is 1.78 bits per heavy atom. The zero-order valence-corrected chi connectivity index (χ0v) is 18.7. The van der Waals surface area contributed by atoms with Crippen LogP contribution in [0.5, 0.6) is 5.75 Å². The van der Waals surface area contributed by atoms with Gasteiger partial charge in [-0.1, -0.05) is 59.0 Å². The van der Waals surface area contributed by atoms with Crippen molar-refractivity contribution in [1.29, 1.82) is 0 Å². The van der Waals surface area contributed by atoms with Crippen molar-refractivity contribution in [3.8, 4) is 17.0 Å². The minimum atomic E-state index is -0.372. The predicted octanol–water partition coefficient (Wildman–Crippen LogP) is 5.45. The normalized spacial score (nSPS) is 10.7. The number of aryl methyl sites for hydroxylation is 2. The minimum absolute atomic E-state index is 0.106. The van der Waals surface area contributed by atoms with E-state index in [1.165, 1.54) is 6.92 Å². The van der Waals surface area contributed by atoms with Gasteiger partial charge in [0.2, 0.25) is 0 Å². The number of aromatic nitrogens is 2. The van der Waals surface area contributed by atoms with Crippen molar-refractivity contribution in [2.45, 2.75) is 27.4 Å². The fraction of sp³-hybridized carbons (Fsp3) is 0.167. The molecule has 4 aromatic rings. The Kier molecular flexibility index (Phi) is 6.13. The number of ether oxygens (including phenoxy) is 1. The number of amides is 1. The number of hydrogen-bond donors (Lipinski definition) is 1. The average Bonchev–Trinajstić information content (AvgIpc) is 3.36. The number of ketones is 1. The van der Waals surface area contributed by atoms with Crippen molar-refractivity contribution >= 4 is 28.2 Å². The van der Waals surface area contributed by atoms with Crippen LogP contribution in [0.3, 0.4) is 0 Å².